The van der Waals surface area contributed by atoms with Crippen LogP contribution in [-0.4, -0.2) is 43.5 Å². The Hall–Kier alpha value is -2.81. The van der Waals surface area contributed by atoms with E-state index in [1.165, 1.54) is 10.5 Å². The molecule has 0 unspecified atom stereocenters. The molecule has 172 valence electrons. The van der Waals surface area contributed by atoms with Gasteiger partial charge in [0.2, 0.25) is 0 Å². The third-order valence-electron chi connectivity index (χ3n) is 6.72. The Kier molecular flexibility index (Phi) is 5.56. The van der Waals surface area contributed by atoms with E-state index in [0.29, 0.717) is 18.9 Å². The molecular formula is C23H25F4N3O2. The number of ether oxygens (including phenoxy) is 1. The van der Waals surface area contributed by atoms with Gasteiger partial charge in [-0.3, -0.25) is 9.80 Å². The van der Waals surface area contributed by atoms with Crippen molar-refractivity contribution in [3.05, 3.63) is 59.9 Å². The predicted molar refractivity (Wildman–Crippen MR) is 112 cm³/mol. The molecule has 0 atom stereocenters. The van der Waals surface area contributed by atoms with E-state index >= 15 is 0 Å². The molecule has 2 fully saturated rings. The van der Waals surface area contributed by atoms with Crippen molar-refractivity contribution in [3.8, 4) is 5.75 Å². The van der Waals surface area contributed by atoms with Crippen molar-refractivity contribution < 1.29 is 27.1 Å². The SMILES string of the molecule is CN(C)[C@]1(c2ccccc2)CC[C@]2(CC1)CN(c1ccc(OC(F)(F)F)cc1F)C(=O)N2. The van der Waals surface area contributed by atoms with Crippen molar-refractivity contribution >= 4 is 11.7 Å². The first-order chi connectivity index (χ1) is 15.0. The lowest BCUT2D eigenvalue weighted by Gasteiger charge is -2.48. The zero-order valence-corrected chi connectivity index (χ0v) is 17.9. The van der Waals surface area contributed by atoms with E-state index in [2.05, 4.69) is 27.1 Å². The molecule has 32 heavy (non-hydrogen) atoms. The Balaban J connectivity index is 1.52. The summed E-state index contributed by atoms with van der Waals surface area (Å²) in [5, 5.41) is 3.02. The number of halogens is 4. The van der Waals surface area contributed by atoms with Crippen molar-refractivity contribution in [2.24, 2.45) is 0 Å². The lowest BCUT2D eigenvalue weighted by molar-refractivity contribution is -0.274. The van der Waals surface area contributed by atoms with Crippen LogP contribution in [0.2, 0.25) is 0 Å². The lowest BCUT2D eigenvalue weighted by Crippen LogP contribution is -2.54. The summed E-state index contributed by atoms with van der Waals surface area (Å²) >= 11 is 0. The maximum Gasteiger partial charge on any atom is 0.573 e. The van der Waals surface area contributed by atoms with Crippen LogP contribution in [-0.2, 0) is 5.54 Å². The summed E-state index contributed by atoms with van der Waals surface area (Å²) in [4.78, 5) is 16.2. The molecule has 1 N–H and O–H groups in total. The van der Waals surface area contributed by atoms with Gasteiger partial charge in [0.1, 0.15) is 5.75 Å². The standard InChI is InChI=1S/C23H25F4N3O2/c1-29(2)22(16-6-4-3-5-7-16)12-10-21(11-13-22)15-30(20(31)28-21)19-9-8-17(14-18(19)24)32-23(25,26)27/h3-9,14H,10-13,15H2,1-2H3,(H,28,31)/t21-,22+. The van der Waals surface area contributed by atoms with Gasteiger partial charge in [0.15, 0.2) is 5.82 Å². The fourth-order valence-corrected chi connectivity index (χ4v) is 4.97. The molecule has 1 aliphatic heterocycles. The maximum absolute atomic E-state index is 14.6. The van der Waals surface area contributed by atoms with Gasteiger partial charge in [-0.15, -0.1) is 13.2 Å². The number of nitrogens with zero attached hydrogens (tertiary/aromatic N) is 2. The average Bonchev–Trinajstić information content (AvgIpc) is 3.04. The lowest BCUT2D eigenvalue weighted by atomic mass is 9.69. The predicted octanol–water partition coefficient (Wildman–Crippen LogP) is 5.02. The van der Waals surface area contributed by atoms with Crippen LogP contribution < -0.4 is 15.0 Å². The number of anilines is 1. The maximum atomic E-state index is 14.6. The van der Waals surface area contributed by atoms with Crippen LogP contribution >= 0.6 is 0 Å². The molecule has 0 aromatic heterocycles. The summed E-state index contributed by atoms with van der Waals surface area (Å²) in [6.45, 7) is 0.251. The van der Waals surface area contributed by atoms with Crippen LogP contribution in [0.5, 0.6) is 5.75 Å². The number of benzene rings is 2. The topological polar surface area (TPSA) is 44.8 Å². The second-order valence-electron chi connectivity index (χ2n) is 8.75. The Morgan fingerprint density at radius 2 is 1.69 bits per heavy atom. The van der Waals surface area contributed by atoms with Gasteiger partial charge in [-0.1, -0.05) is 30.3 Å². The molecule has 1 saturated carbocycles. The molecular weight excluding hydrogens is 426 g/mol. The Morgan fingerprint density at radius 1 is 1.03 bits per heavy atom. The number of rotatable bonds is 4. The van der Waals surface area contributed by atoms with Crippen LogP contribution in [0.4, 0.5) is 28.0 Å². The number of carbonyl (C=O) groups is 1. The number of urea groups is 1. The van der Waals surface area contributed by atoms with E-state index in [1.807, 2.05) is 32.3 Å². The van der Waals surface area contributed by atoms with Crippen molar-refractivity contribution in [3.63, 3.8) is 0 Å². The quantitative estimate of drug-likeness (QED) is 0.664. The van der Waals surface area contributed by atoms with Gasteiger partial charge in [0, 0.05) is 11.6 Å². The highest BCUT2D eigenvalue weighted by atomic mass is 19.4. The highest BCUT2D eigenvalue weighted by molar-refractivity contribution is 5.95. The van der Waals surface area contributed by atoms with E-state index in [1.54, 1.807) is 0 Å². The normalized spacial score (nSPS) is 26.0. The van der Waals surface area contributed by atoms with Crippen LogP contribution in [0.15, 0.2) is 48.5 Å². The van der Waals surface area contributed by atoms with Crippen molar-refractivity contribution in [2.75, 3.05) is 25.5 Å². The molecule has 9 heteroatoms. The molecule has 1 saturated heterocycles. The molecule has 4 rings (SSSR count). The summed E-state index contributed by atoms with van der Waals surface area (Å²) in [6.07, 6.45) is -1.92. The largest absolute Gasteiger partial charge is 0.573 e. The minimum Gasteiger partial charge on any atom is -0.406 e. The molecule has 2 aromatic carbocycles. The van der Waals surface area contributed by atoms with Crippen molar-refractivity contribution in [2.45, 2.75) is 43.1 Å². The van der Waals surface area contributed by atoms with Gasteiger partial charge >= 0.3 is 12.4 Å². The number of carbonyl (C=O) groups excluding carboxylic acids is 1. The molecule has 1 heterocycles. The molecule has 1 aliphatic carbocycles. The second kappa shape index (κ2) is 7.95. The van der Waals surface area contributed by atoms with E-state index in [-0.39, 0.29) is 17.8 Å². The minimum absolute atomic E-state index is 0.0681. The molecule has 2 amide bonds. The number of hydrogen-bond donors (Lipinski definition) is 1. The van der Waals surface area contributed by atoms with Gasteiger partial charge < -0.3 is 10.1 Å². The molecule has 0 bridgehead atoms. The smallest absolute Gasteiger partial charge is 0.406 e. The van der Waals surface area contributed by atoms with Crippen LogP contribution in [0.25, 0.3) is 0 Å². The first kappa shape index (κ1) is 22.4. The van der Waals surface area contributed by atoms with Gasteiger partial charge in [0.05, 0.1) is 17.8 Å². The van der Waals surface area contributed by atoms with Crippen LogP contribution in [0.1, 0.15) is 31.2 Å². The number of amides is 2. The van der Waals surface area contributed by atoms with Gasteiger partial charge in [-0.2, -0.15) is 0 Å². The van der Waals surface area contributed by atoms with E-state index in [9.17, 15) is 22.4 Å². The summed E-state index contributed by atoms with van der Waals surface area (Å²) in [6, 6.07) is 12.6. The van der Waals surface area contributed by atoms with Crippen molar-refractivity contribution in [1.29, 1.82) is 0 Å². The molecule has 1 spiro atoms. The van der Waals surface area contributed by atoms with E-state index in [0.717, 1.165) is 25.0 Å². The summed E-state index contributed by atoms with van der Waals surface area (Å²) in [5.41, 5.74) is 0.472. The molecule has 0 radical (unpaired) electrons. The second-order valence-corrected chi connectivity index (χ2v) is 8.75. The summed E-state index contributed by atoms with van der Waals surface area (Å²) < 4.78 is 55.5. The third-order valence-corrected chi connectivity index (χ3v) is 6.72. The van der Waals surface area contributed by atoms with Gasteiger partial charge in [0.25, 0.3) is 0 Å². The highest BCUT2D eigenvalue weighted by Crippen LogP contribution is 2.46. The monoisotopic (exact) mass is 451 g/mol. The Morgan fingerprint density at radius 3 is 2.25 bits per heavy atom. The average molecular weight is 451 g/mol. The molecule has 2 aromatic rings. The van der Waals surface area contributed by atoms with Gasteiger partial charge in [-0.25, -0.2) is 9.18 Å². The molecule has 5 nitrogen and oxygen atoms in total. The summed E-state index contributed by atoms with van der Waals surface area (Å²) in [5.74, 6) is -1.61. The number of alkyl halides is 3. The zero-order valence-electron chi connectivity index (χ0n) is 17.9. The number of nitrogens with one attached hydrogen (secondary N) is 1. The summed E-state index contributed by atoms with van der Waals surface area (Å²) in [7, 11) is 4.09. The fraction of sp³-hybridized carbons (Fsp3) is 0.435. The molecule has 2 aliphatic rings. The van der Waals surface area contributed by atoms with E-state index < -0.39 is 29.5 Å². The highest BCUT2D eigenvalue weighted by Gasteiger charge is 2.50. The van der Waals surface area contributed by atoms with Gasteiger partial charge in [-0.05, 0) is 57.5 Å². The number of hydrogen-bond acceptors (Lipinski definition) is 3. The van der Waals surface area contributed by atoms with E-state index in [4.69, 9.17) is 0 Å². The Labute approximate surface area is 183 Å². The minimum atomic E-state index is -4.91. The Bertz CT molecular complexity index is 986. The first-order valence-electron chi connectivity index (χ1n) is 10.4. The third kappa shape index (κ3) is 4.13. The van der Waals surface area contributed by atoms with Crippen LogP contribution in [0.3, 0.4) is 0 Å². The fourth-order valence-electron chi connectivity index (χ4n) is 4.97. The first-order valence-corrected chi connectivity index (χ1v) is 10.4. The van der Waals surface area contributed by atoms with Crippen LogP contribution in [0, 0.1) is 5.82 Å². The zero-order chi connectivity index (χ0) is 23.1. The van der Waals surface area contributed by atoms with Crippen molar-refractivity contribution in [1.82, 2.24) is 10.2 Å².